The number of morpholine rings is 1. The van der Waals surface area contributed by atoms with Crippen LogP contribution in [-0.2, 0) is 14.3 Å². The molecule has 144 valence electrons. The van der Waals surface area contributed by atoms with Crippen LogP contribution < -0.4 is 10.1 Å². The van der Waals surface area contributed by atoms with Crippen molar-refractivity contribution in [1.82, 2.24) is 9.80 Å². The first-order chi connectivity index (χ1) is 12.3. The third-order valence-corrected chi connectivity index (χ3v) is 4.33. The molecule has 0 radical (unpaired) electrons. The van der Waals surface area contributed by atoms with E-state index in [1.54, 1.807) is 25.2 Å². The number of hydrogen-bond donors (Lipinski definition) is 1. The Labute approximate surface area is 159 Å². The topological polar surface area (TPSA) is 71.1 Å². The summed E-state index contributed by atoms with van der Waals surface area (Å²) in [4.78, 5) is 28.1. The van der Waals surface area contributed by atoms with Gasteiger partial charge in [0.05, 0.1) is 38.1 Å². The lowest BCUT2D eigenvalue weighted by molar-refractivity contribution is -0.137. The monoisotopic (exact) mass is 383 g/mol. The quantitative estimate of drug-likeness (QED) is 0.811. The number of halogens is 1. The fraction of sp³-hybridized carbons (Fsp3) is 0.556. The molecule has 1 fully saturated rings. The molecule has 1 aliphatic rings. The summed E-state index contributed by atoms with van der Waals surface area (Å²) in [7, 11) is 3.13. The number of anilines is 1. The Morgan fingerprint density at radius 3 is 2.62 bits per heavy atom. The molecule has 2 amide bonds. The lowest BCUT2D eigenvalue weighted by Gasteiger charge is -2.35. The molecular formula is C18H26ClN3O4. The molecule has 0 aliphatic carbocycles. The fourth-order valence-corrected chi connectivity index (χ4v) is 3.17. The van der Waals surface area contributed by atoms with Gasteiger partial charge in [0.1, 0.15) is 5.75 Å². The summed E-state index contributed by atoms with van der Waals surface area (Å²) in [6, 6.07) is 4.96. The molecule has 0 unspecified atom stereocenters. The molecule has 1 heterocycles. The van der Waals surface area contributed by atoms with Crippen molar-refractivity contribution in [1.29, 1.82) is 0 Å². The number of benzene rings is 1. The van der Waals surface area contributed by atoms with Crippen LogP contribution in [-0.4, -0.2) is 74.2 Å². The molecule has 1 aliphatic heterocycles. The molecule has 2 rings (SSSR count). The van der Waals surface area contributed by atoms with Crippen LogP contribution in [0.15, 0.2) is 18.2 Å². The van der Waals surface area contributed by atoms with E-state index in [1.807, 2.05) is 13.8 Å². The Morgan fingerprint density at radius 1 is 1.35 bits per heavy atom. The van der Waals surface area contributed by atoms with E-state index < -0.39 is 0 Å². The van der Waals surface area contributed by atoms with Crippen molar-refractivity contribution in [3.63, 3.8) is 0 Å². The third kappa shape index (κ3) is 5.86. The van der Waals surface area contributed by atoms with E-state index in [4.69, 9.17) is 21.1 Å². The zero-order valence-electron chi connectivity index (χ0n) is 15.6. The summed E-state index contributed by atoms with van der Waals surface area (Å²) in [6.07, 6.45) is 0.186. The molecule has 8 heteroatoms. The first kappa shape index (κ1) is 20.5. The number of nitrogens with one attached hydrogen (secondary N) is 1. The van der Waals surface area contributed by atoms with Crippen LogP contribution in [0.25, 0.3) is 0 Å². The normalized spacial score (nSPS) is 20.5. The van der Waals surface area contributed by atoms with Gasteiger partial charge in [-0.1, -0.05) is 11.6 Å². The summed E-state index contributed by atoms with van der Waals surface area (Å²) < 4.78 is 10.9. The van der Waals surface area contributed by atoms with E-state index in [-0.39, 0.29) is 37.1 Å². The standard InChI is InChI=1S/C18H26ClN3O4/c1-12-8-22(9-13(2)26-12)11-18(24)21(3)10-17(23)20-15-7-14(19)5-6-16(15)25-4/h5-7,12-13H,8-11H2,1-4H3,(H,20,23)/t12-,13+. The van der Waals surface area contributed by atoms with Crippen molar-refractivity contribution in [2.45, 2.75) is 26.1 Å². The van der Waals surface area contributed by atoms with E-state index in [9.17, 15) is 9.59 Å². The highest BCUT2D eigenvalue weighted by Gasteiger charge is 2.25. The minimum atomic E-state index is -0.315. The van der Waals surface area contributed by atoms with Crippen LogP contribution in [0.3, 0.4) is 0 Å². The lowest BCUT2D eigenvalue weighted by Crippen LogP contribution is -2.50. The zero-order chi connectivity index (χ0) is 19.3. The highest BCUT2D eigenvalue weighted by atomic mass is 35.5. The molecule has 1 saturated heterocycles. The number of methoxy groups -OCH3 is 1. The van der Waals surface area contributed by atoms with Gasteiger partial charge in [0.25, 0.3) is 0 Å². The maximum atomic E-state index is 12.4. The van der Waals surface area contributed by atoms with Gasteiger partial charge in [0.2, 0.25) is 11.8 Å². The van der Waals surface area contributed by atoms with Crippen LogP contribution >= 0.6 is 11.6 Å². The van der Waals surface area contributed by atoms with Gasteiger partial charge in [-0.2, -0.15) is 0 Å². The predicted octanol–water partition coefficient (Wildman–Crippen LogP) is 1.85. The number of hydrogen-bond acceptors (Lipinski definition) is 5. The zero-order valence-corrected chi connectivity index (χ0v) is 16.4. The molecule has 0 bridgehead atoms. The Kier molecular flexibility index (Phi) is 7.25. The van der Waals surface area contributed by atoms with Crippen molar-refractivity contribution in [3.8, 4) is 5.75 Å². The molecule has 0 saturated carbocycles. The summed E-state index contributed by atoms with van der Waals surface area (Å²) in [6.45, 7) is 5.60. The van der Waals surface area contributed by atoms with Crippen LogP contribution in [0.1, 0.15) is 13.8 Å². The summed E-state index contributed by atoms with van der Waals surface area (Å²) in [5.74, 6) is 0.0812. The largest absolute Gasteiger partial charge is 0.495 e. The Balaban J connectivity index is 1.88. The van der Waals surface area contributed by atoms with Crippen LogP contribution in [0.2, 0.25) is 5.02 Å². The highest BCUT2D eigenvalue weighted by Crippen LogP contribution is 2.27. The van der Waals surface area contributed by atoms with E-state index in [2.05, 4.69) is 10.2 Å². The number of carbonyl (C=O) groups excluding carboxylic acids is 2. The van der Waals surface area contributed by atoms with Gasteiger partial charge in [-0.25, -0.2) is 0 Å². The van der Waals surface area contributed by atoms with Gasteiger partial charge in [0.15, 0.2) is 0 Å². The minimum absolute atomic E-state index is 0.0516. The number of amides is 2. The van der Waals surface area contributed by atoms with Gasteiger partial charge >= 0.3 is 0 Å². The van der Waals surface area contributed by atoms with E-state index in [0.717, 1.165) is 0 Å². The number of ether oxygens (including phenoxy) is 2. The maximum absolute atomic E-state index is 12.4. The van der Waals surface area contributed by atoms with E-state index in [0.29, 0.717) is 29.5 Å². The van der Waals surface area contributed by atoms with Gasteiger partial charge in [-0.3, -0.25) is 14.5 Å². The molecule has 2 atom stereocenters. The average molecular weight is 384 g/mol. The second-order valence-electron chi connectivity index (χ2n) is 6.59. The predicted molar refractivity (Wildman–Crippen MR) is 101 cm³/mol. The van der Waals surface area contributed by atoms with Gasteiger partial charge < -0.3 is 19.7 Å². The molecule has 0 aromatic heterocycles. The van der Waals surface area contributed by atoms with Gasteiger partial charge in [-0.15, -0.1) is 0 Å². The SMILES string of the molecule is COc1ccc(Cl)cc1NC(=O)CN(C)C(=O)CN1C[C@@H](C)O[C@@H](C)C1. The van der Waals surface area contributed by atoms with Gasteiger partial charge in [-0.05, 0) is 32.0 Å². The van der Waals surface area contributed by atoms with Crippen molar-refractivity contribution in [2.24, 2.45) is 0 Å². The lowest BCUT2D eigenvalue weighted by atomic mass is 10.2. The number of rotatable bonds is 6. The average Bonchev–Trinajstić information content (AvgIpc) is 2.53. The Morgan fingerprint density at radius 2 is 2.00 bits per heavy atom. The first-order valence-electron chi connectivity index (χ1n) is 8.53. The van der Waals surface area contributed by atoms with Gasteiger partial charge in [0, 0.05) is 25.2 Å². The molecular weight excluding hydrogens is 358 g/mol. The fourth-order valence-electron chi connectivity index (χ4n) is 3.00. The number of likely N-dealkylation sites (N-methyl/N-ethyl adjacent to an activating group) is 1. The molecule has 7 nitrogen and oxygen atoms in total. The van der Waals surface area contributed by atoms with E-state index in [1.165, 1.54) is 12.0 Å². The summed E-state index contributed by atoms with van der Waals surface area (Å²) in [5, 5.41) is 3.22. The number of nitrogens with zero attached hydrogens (tertiary/aromatic N) is 2. The van der Waals surface area contributed by atoms with Crippen molar-refractivity contribution >= 4 is 29.1 Å². The highest BCUT2D eigenvalue weighted by molar-refractivity contribution is 6.31. The smallest absolute Gasteiger partial charge is 0.244 e. The third-order valence-electron chi connectivity index (χ3n) is 4.10. The first-order valence-corrected chi connectivity index (χ1v) is 8.91. The second-order valence-corrected chi connectivity index (χ2v) is 7.03. The molecule has 1 N–H and O–H groups in total. The molecule has 26 heavy (non-hydrogen) atoms. The molecule has 1 aromatic rings. The minimum Gasteiger partial charge on any atom is -0.495 e. The van der Waals surface area contributed by atoms with Crippen molar-refractivity contribution in [3.05, 3.63) is 23.2 Å². The number of carbonyl (C=O) groups is 2. The van der Waals surface area contributed by atoms with Crippen molar-refractivity contribution < 1.29 is 19.1 Å². The maximum Gasteiger partial charge on any atom is 0.244 e. The molecule has 0 spiro atoms. The van der Waals surface area contributed by atoms with Crippen LogP contribution in [0, 0.1) is 0 Å². The Bertz CT molecular complexity index is 645. The summed E-state index contributed by atoms with van der Waals surface area (Å²) >= 11 is 5.96. The van der Waals surface area contributed by atoms with E-state index >= 15 is 0 Å². The second kappa shape index (κ2) is 9.21. The van der Waals surface area contributed by atoms with Crippen molar-refractivity contribution in [2.75, 3.05) is 45.7 Å². The Hall–Kier alpha value is -1.83. The van der Waals surface area contributed by atoms with Crippen LogP contribution in [0.5, 0.6) is 5.75 Å². The summed E-state index contributed by atoms with van der Waals surface area (Å²) in [5.41, 5.74) is 0.474. The van der Waals surface area contributed by atoms with Crippen LogP contribution in [0.4, 0.5) is 5.69 Å². The molecule has 1 aromatic carbocycles.